The summed E-state index contributed by atoms with van der Waals surface area (Å²) in [6, 6.07) is 4.79. The van der Waals surface area contributed by atoms with E-state index in [0.717, 1.165) is 37.7 Å². The summed E-state index contributed by atoms with van der Waals surface area (Å²) in [4.78, 5) is 14.5. The third-order valence-electron chi connectivity index (χ3n) is 7.37. The van der Waals surface area contributed by atoms with Crippen LogP contribution in [0.2, 0.25) is 0 Å². The SMILES string of the molecule is C[C@@H]1CN([C@H](C)CO)S(=O)(=O)c2ccc(C3=CCCCC3)cc2O[C@H]1CN(C)C(=O)CC1CC1. The molecule has 1 N–H and O–H groups in total. The van der Waals surface area contributed by atoms with Gasteiger partial charge in [0.25, 0.3) is 0 Å². The maximum Gasteiger partial charge on any atom is 0.247 e. The van der Waals surface area contributed by atoms with Gasteiger partial charge in [-0.25, -0.2) is 8.42 Å². The number of nitrogens with zero attached hydrogens (tertiary/aromatic N) is 2. The van der Waals surface area contributed by atoms with Crippen LogP contribution in [-0.4, -0.2) is 67.5 Å². The molecular weight excluding hydrogens is 452 g/mol. The monoisotopic (exact) mass is 490 g/mol. The van der Waals surface area contributed by atoms with E-state index in [2.05, 4.69) is 6.08 Å². The van der Waals surface area contributed by atoms with Gasteiger partial charge in [-0.1, -0.05) is 19.1 Å². The number of carbonyl (C=O) groups is 1. The molecule has 1 saturated carbocycles. The van der Waals surface area contributed by atoms with Crippen LogP contribution in [0.5, 0.6) is 5.75 Å². The first kappa shape index (κ1) is 25.2. The van der Waals surface area contributed by atoms with Crippen molar-refractivity contribution in [1.29, 1.82) is 0 Å². The molecule has 0 bridgehead atoms. The molecule has 0 saturated heterocycles. The molecule has 8 heteroatoms. The van der Waals surface area contributed by atoms with Crippen molar-refractivity contribution in [2.45, 2.75) is 75.8 Å². The molecule has 3 atom stereocenters. The highest BCUT2D eigenvalue weighted by atomic mass is 32.2. The molecule has 188 valence electrons. The molecule has 4 rings (SSSR count). The molecule has 1 heterocycles. The average molecular weight is 491 g/mol. The highest BCUT2D eigenvalue weighted by Gasteiger charge is 2.38. The number of hydrogen-bond acceptors (Lipinski definition) is 5. The van der Waals surface area contributed by atoms with E-state index in [0.29, 0.717) is 24.6 Å². The molecule has 2 aliphatic carbocycles. The number of rotatable bonds is 7. The van der Waals surface area contributed by atoms with Gasteiger partial charge >= 0.3 is 0 Å². The minimum atomic E-state index is -3.86. The Bertz CT molecular complexity index is 1030. The quantitative estimate of drug-likeness (QED) is 0.630. The summed E-state index contributed by atoms with van der Waals surface area (Å²) in [7, 11) is -2.06. The summed E-state index contributed by atoms with van der Waals surface area (Å²) in [5.41, 5.74) is 2.21. The van der Waals surface area contributed by atoms with Crippen LogP contribution in [-0.2, 0) is 14.8 Å². The summed E-state index contributed by atoms with van der Waals surface area (Å²) >= 11 is 0. The lowest BCUT2D eigenvalue weighted by molar-refractivity contribution is -0.131. The molecule has 1 fully saturated rings. The molecule has 3 aliphatic rings. The first-order valence-electron chi connectivity index (χ1n) is 12.6. The van der Waals surface area contributed by atoms with Crippen LogP contribution in [0.4, 0.5) is 0 Å². The minimum Gasteiger partial charge on any atom is -0.487 e. The highest BCUT2D eigenvalue weighted by Crippen LogP contribution is 2.37. The zero-order chi connectivity index (χ0) is 24.5. The first-order valence-corrected chi connectivity index (χ1v) is 14.0. The number of hydrogen-bond donors (Lipinski definition) is 1. The lowest BCUT2D eigenvalue weighted by Gasteiger charge is -2.37. The number of amides is 1. The Kier molecular flexibility index (Phi) is 7.69. The minimum absolute atomic E-state index is 0.106. The number of benzene rings is 1. The van der Waals surface area contributed by atoms with Crippen LogP contribution in [0.25, 0.3) is 5.57 Å². The van der Waals surface area contributed by atoms with Crippen molar-refractivity contribution >= 4 is 21.5 Å². The predicted octanol–water partition coefficient (Wildman–Crippen LogP) is 3.67. The van der Waals surface area contributed by atoms with Crippen LogP contribution in [0, 0.1) is 11.8 Å². The molecule has 34 heavy (non-hydrogen) atoms. The predicted molar refractivity (Wildman–Crippen MR) is 132 cm³/mol. The van der Waals surface area contributed by atoms with E-state index in [-0.39, 0.29) is 36.0 Å². The Morgan fingerprint density at radius 3 is 2.71 bits per heavy atom. The van der Waals surface area contributed by atoms with Crippen LogP contribution in [0.15, 0.2) is 29.2 Å². The number of ether oxygens (including phenoxy) is 1. The van der Waals surface area contributed by atoms with Gasteiger partial charge in [-0.15, -0.1) is 0 Å². The van der Waals surface area contributed by atoms with Crippen molar-refractivity contribution in [3.8, 4) is 5.75 Å². The molecule has 1 amide bonds. The van der Waals surface area contributed by atoms with Crippen molar-refractivity contribution in [2.75, 3.05) is 26.7 Å². The summed E-state index contributed by atoms with van der Waals surface area (Å²) in [5.74, 6) is 0.767. The largest absolute Gasteiger partial charge is 0.487 e. The van der Waals surface area contributed by atoms with Gasteiger partial charge < -0.3 is 14.7 Å². The number of allylic oxidation sites excluding steroid dienone is 2. The average Bonchev–Trinajstić information content (AvgIpc) is 3.65. The van der Waals surface area contributed by atoms with Gasteiger partial charge in [-0.05, 0) is 74.6 Å². The molecule has 7 nitrogen and oxygen atoms in total. The van der Waals surface area contributed by atoms with Crippen LogP contribution in [0.3, 0.4) is 0 Å². The molecule has 0 aromatic heterocycles. The molecule has 1 aliphatic heterocycles. The number of aliphatic hydroxyl groups excluding tert-OH is 1. The molecule has 1 aromatic rings. The second-order valence-corrected chi connectivity index (χ2v) is 12.2. The third-order valence-corrected chi connectivity index (χ3v) is 9.39. The summed E-state index contributed by atoms with van der Waals surface area (Å²) in [6.45, 7) is 4.01. The first-order chi connectivity index (χ1) is 16.2. The zero-order valence-electron chi connectivity index (χ0n) is 20.6. The highest BCUT2D eigenvalue weighted by molar-refractivity contribution is 7.89. The van der Waals surface area contributed by atoms with E-state index in [1.807, 2.05) is 19.1 Å². The zero-order valence-corrected chi connectivity index (χ0v) is 21.4. The van der Waals surface area contributed by atoms with Gasteiger partial charge in [0.2, 0.25) is 15.9 Å². The van der Waals surface area contributed by atoms with E-state index in [1.54, 1.807) is 24.9 Å². The van der Waals surface area contributed by atoms with Crippen LogP contribution >= 0.6 is 0 Å². The molecule has 1 aromatic carbocycles. The topological polar surface area (TPSA) is 87.2 Å². The Balaban J connectivity index is 1.69. The van der Waals surface area contributed by atoms with Crippen molar-refractivity contribution in [1.82, 2.24) is 9.21 Å². The maximum absolute atomic E-state index is 13.6. The van der Waals surface area contributed by atoms with Crippen LogP contribution < -0.4 is 4.74 Å². The number of fused-ring (bicyclic) bond motifs is 1. The van der Waals surface area contributed by atoms with Gasteiger partial charge in [0, 0.05) is 32.0 Å². The summed E-state index contributed by atoms with van der Waals surface area (Å²) in [6.07, 6.45) is 8.96. The molecule has 0 spiro atoms. The Labute approximate surface area is 203 Å². The normalized spacial score (nSPS) is 25.8. The van der Waals surface area contributed by atoms with Gasteiger partial charge in [0.05, 0.1) is 13.2 Å². The molecule has 0 unspecified atom stereocenters. The fourth-order valence-corrected chi connectivity index (χ4v) is 6.67. The van der Waals surface area contributed by atoms with E-state index in [4.69, 9.17) is 4.74 Å². The van der Waals surface area contributed by atoms with Gasteiger partial charge in [0.1, 0.15) is 16.7 Å². The van der Waals surface area contributed by atoms with Crippen LogP contribution in [0.1, 0.15) is 64.4 Å². The van der Waals surface area contributed by atoms with Gasteiger partial charge in [-0.2, -0.15) is 4.31 Å². The van der Waals surface area contributed by atoms with Gasteiger partial charge in [-0.3, -0.25) is 4.79 Å². The Morgan fingerprint density at radius 2 is 2.06 bits per heavy atom. The maximum atomic E-state index is 13.6. The second-order valence-electron chi connectivity index (χ2n) is 10.3. The lowest BCUT2D eigenvalue weighted by Crippen LogP contribution is -2.50. The van der Waals surface area contributed by atoms with E-state index in [1.165, 1.54) is 16.3 Å². The summed E-state index contributed by atoms with van der Waals surface area (Å²) in [5, 5.41) is 9.81. The standard InChI is InChI=1S/C26H38N2O5S/c1-18-15-28(19(2)17-29)34(31,32)25-12-11-22(21-7-5-4-6-8-21)14-23(25)33-24(18)16-27(3)26(30)13-20-9-10-20/h7,11-12,14,18-20,24,29H,4-6,8-10,13,15-17H2,1-3H3/t18-,19-,24+/m1/s1. The van der Waals surface area contributed by atoms with E-state index >= 15 is 0 Å². The van der Waals surface area contributed by atoms with Crippen molar-refractivity contribution < 1.29 is 23.1 Å². The number of sulfonamides is 1. The Hall–Kier alpha value is -1.90. The van der Waals surface area contributed by atoms with Crippen molar-refractivity contribution in [3.63, 3.8) is 0 Å². The smallest absolute Gasteiger partial charge is 0.247 e. The summed E-state index contributed by atoms with van der Waals surface area (Å²) < 4.78 is 35.1. The number of likely N-dealkylation sites (N-methyl/N-ethyl adjacent to an activating group) is 1. The number of aliphatic hydroxyl groups is 1. The third kappa shape index (κ3) is 5.50. The molecule has 0 radical (unpaired) electrons. The lowest BCUT2D eigenvalue weighted by atomic mass is 9.93. The van der Waals surface area contributed by atoms with E-state index in [9.17, 15) is 18.3 Å². The van der Waals surface area contributed by atoms with E-state index < -0.39 is 16.1 Å². The Morgan fingerprint density at radius 1 is 1.29 bits per heavy atom. The fraction of sp³-hybridized carbons (Fsp3) is 0.654. The van der Waals surface area contributed by atoms with Crippen molar-refractivity contribution in [2.24, 2.45) is 11.8 Å². The van der Waals surface area contributed by atoms with Gasteiger partial charge in [0.15, 0.2) is 0 Å². The number of carbonyl (C=O) groups excluding carboxylic acids is 1. The second kappa shape index (κ2) is 10.4. The molecular formula is C26H38N2O5S. The fourth-order valence-electron chi connectivity index (χ4n) is 4.84. The van der Waals surface area contributed by atoms with Crippen molar-refractivity contribution in [3.05, 3.63) is 29.8 Å².